The van der Waals surface area contributed by atoms with Crippen molar-refractivity contribution in [2.24, 2.45) is 0 Å². The number of hydrogen-bond acceptors (Lipinski definition) is 3. The van der Waals surface area contributed by atoms with E-state index < -0.39 is 11.9 Å². The number of piperazine rings is 1. The van der Waals surface area contributed by atoms with Crippen LogP contribution in [0.5, 0.6) is 0 Å². The second-order valence-electron chi connectivity index (χ2n) is 3.64. The number of nitrogens with one attached hydrogen (secondary N) is 1. The minimum absolute atomic E-state index is 0.745. The van der Waals surface area contributed by atoms with Crippen LogP contribution in [0.1, 0.15) is 5.69 Å². The zero-order valence-electron chi connectivity index (χ0n) is 8.59. The molecule has 0 unspecified atom stereocenters. The number of pyridine rings is 1. The van der Waals surface area contributed by atoms with Gasteiger partial charge in [-0.2, -0.15) is 13.2 Å². The Hall–Kier alpha value is -1.30. The molecule has 2 heterocycles. The number of nitrogens with zero attached hydrogens (tertiary/aromatic N) is 2. The maximum absolute atomic E-state index is 12.3. The zero-order chi connectivity index (χ0) is 11.6. The summed E-state index contributed by atoms with van der Waals surface area (Å²) in [5.41, 5.74) is -0.0964. The van der Waals surface area contributed by atoms with Crippen LogP contribution in [0.3, 0.4) is 0 Å². The summed E-state index contributed by atoms with van der Waals surface area (Å²) in [6.45, 7) is 3.29. The number of rotatable bonds is 1. The van der Waals surface area contributed by atoms with E-state index in [0.717, 1.165) is 37.9 Å². The molecule has 1 fully saturated rings. The van der Waals surface area contributed by atoms with E-state index in [1.807, 2.05) is 4.90 Å². The van der Waals surface area contributed by atoms with E-state index in [4.69, 9.17) is 0 Å². The van der Waals surface area contributed by atoms with Gasteiger partial charge in [0.05, 0.1) is 11.9 Å². The fraction of sp³-hybridized carbons (Fsp3) is 0.500. The third kappa shape index (κ3) is 2.44. The van der Waals surface area contributed by atoms with Crippen LogP contribution < -0.4 is 10.2 Å². The Morgan fingerprint density at radius 3 is 2.38 bits per heavy atom. The second-order valence-corrected chi connectivity index (χ2v) is 3.64. The molecule has 1 N–H and O–H groups in total. The van der Waals surface area contributed by atoms with E-state index in [1.54, 1.807) is 0 Å². The van der Waals surface area contributed by atoms with E-state index in [-0.39, 0.29) is 0 Å². The van der Waals surface area contributed by atoms with Gasteiger partial charge < -0.3 is 10.2 Å². The average molecular weight is 231 g/mol. The van der Waals surface area contributed by atoms with Crippen molar-refractivity contribution >= 4 is 5.69 Å². The second kappa shape index (κ2) is 4.29. The summed E-state index contributed by atoms with van der Waals surface area (Å²) in [4.78, 5) is 5.46. The number of hydrogen-bond donors (Lipinski definition) is 1. The van der Waals surface area contributed by atoms with Gasteiger partial charge in [-0.1, -0.05) is 0 Å². The van der Waals surface area contributed by atoms with E-state index in [0.29, 0.717) is 0 Å². The van der Waals surface area contributed by atoms with Crippen molar-refractivity contribution in [3.63, 3.8) is 0 Å². The zero-order valence-corrected chi connectivity index (χ0v) is 8.59. The van der Waals surface area contributed by atoms with Crippen LogP contribution in [-0.2, 0) is 6.18 Å². The summed E-state index contributed by atoms with van der Waals surface area (Å²) in [6, 6.07) is 2.50. The summed E-state index contributed by atoms with van der Waals surface area (Å²) >= 11 is 0. The summed E-state index contributed by atoms with van der Waals surface area (Å²) in [7, 11) is 0. The van der Waals surface area contributed by atoms with Gasteiger partial charge in [-0.15, -0.1) is 0 Å². The molecule has 6 heteroatoms. The van der Waals surface area contributed by atoms with Crippen molar-refractivity contribution in [2.75, 3.05) is 31.1 Å². The predicted octanol–water partition coefficient (Wildman–Crippen LogP) is 1.51. The van der Waals surface area contributed by atoms with E-state index in [1.165, 1.54) is 12.3 Å². The summed E-state index contributed by atoms with van der Waals surface area (Å²) in [6.07, 6.45) is -3.07. The molecule has 0 atom stereocenters. The van der Waals surface area contributed by atoms with Gasteiger partial charge in [0.1, 0.15) is 5.69 Å². The van der Waals surface area contributed by atoms with Gasteiger partial charge in [0.15, 0.2) is 0 Å². The molecule has 3 nitrogen and oxygen atoms in total. The Bertz CT molecular complexity index is 341. The minimum Gasteiger partial charge on any atom is -0.368 e. The summed E-state index contributed by atoms with van der Waals surface area (Å²) < 4.78 is 36.8. The van der Waals surface area contributed by atoms with E-state index in [9.17, 15) is 13.2 Å². The van der Waals surface area contributed by atoms with Crippen molar-refractivity contribution < 1.29 is 13.2 Å². The molecule has 88 valence electrons. The third-order valence-electron chi connectivity index (χ3n) is 2.52. The predicted molar refractivity (Wildman–Crippen MR) is 54.3 cm³/mol. The highest BCUT2D eigenvalue weighted by molar-refractivity contribution is 5.45. The van der Waals surface area contributed by atoms with Crippen LogP contribution in [0.4, 0.5) is 18.9 Å². The van der Waals surface area contributed by atoms with Crippen molar-refractivity contribution in [3.05, 3.63) is 24.0 Å². The van der Waals surface area contributed by atoms with Crippen molar-refractivity contribution in [1.82, 2.24) is 10.3 Å². The SMILES string of the molecule is FC(F)(F)c1ccc(N2CCNCC2)cn1. The number of halogens is 3. The molecule has 0 aromatic carbocycles. The average Bonchev–Trinajstić information content (AvgIpc) is 2.29. The molecular formula is C10H12F3N3. The van der Waals surface area contributed by atoms with Crippen LogP contribution in [0.2, 0.25) is 0 Å². The molecule has 1 aliphatic rings. The van der Waals surface area contributed by atoms with E-state index in [2.05, 4.69) is 10.3 Å². The Kier molecular flexibility index (Phi) is 3.00. The number of aromatic nitrogens is 1. The molecule has 0 amide bonds. The van der Waals surface area contributed by atoms with Crippen LogP contribution in [-0.4, -0.2) is 31.2 Å². The highest BCUT2D eigenvalue weighted by atomic mass is 19.4. The molecule has 2 rings (SSSR count). The van der Waals surface area contributed by atoms with Gasteiger partial charge in [-0.25, -0.2) is 4.98 Å². The van der Waals surface area contributed by atoms with Crippen molar-refractivity contribution in [1.29, 1.82) is 0 Å². The highest BCUT2D eigenvalue weighted by Gasteiger charge is 2.32. The molecule has 0 spiro atoms. The fourth-order valence-electron chi connectivity index (χ4n) is 1.66. The van der Waals surface area contributed by atoms with Crippen LogP contribution in [0.15, 0.2) is 18.3 Å². The van der Waals surface area contributed by atoms with Crippen molar-refractivity contribution in [2.45, 2.75) is 6.18 Å². The van der Waals surface area contributed by atoms with E-state index >= 15 is 0 Å². The lowest BCUT2D eigenvalue weighted by Crippen LogP contribution is -2.43. The molecule has 0 aliphatic carbocycles. The van der Waals surface area contributed by atoms with Crippen LogP contribution in [0, 0.1) is 0 Å². The molecule has 0 saturated carbocycles. The van der Waals surface area contributed by atoms with Crippen molar-refractivity contribution in [3.8, 4) is 0 Å². The lowest BCUT2D eigenvalue weighted by atomic mass is 10.2. The molecule has 0 bridgehead atoms. The van der Waals surface area contributed by atoms with Gasteiger partial charge in [0, 0.05) is 26.2 Å². The Balaban J connectivity index is 2.12. The Labute approximate surface area is 91.3 Å². The standard InChI is InChI=1S/C10H12F3N3/c11-10(12,13)9-2-1-8(7-15-9)16-5-3-14-4-6-16/h1-2,7,14H,3-6H2. The Morgan fingerprint density at radius 2 is 1.88 bits per heavy atom. The first kappa shape index (κ1) is 11.2. The molecule has 1 aromatic rings. The first-order valence-electron chi connectivity index (χ1n) is 5.06. The molecule has 16 heavy (non-hydrogen) atoms. The van der Waals surface area contributed by atoms with Gasteiger partial charge >= 0.3 is 6.18 Å². The lowest BCUT2D eigenvalue weighted by Gasteiger charge is -2.29. The largest absolute Gasteiger partial charge is 0.433 e. The normalized spacial score (nSPS) is 17.6. The molecule has 1 aromatic heterocycles. The molecule has 1 aliphatic heterocycles. The van der Waals surface area contributed by atoms with Gasteiger partial charge in [0.2, 0.25) is 0 Å². The molecule has 0 radical (unpaired) electrons. The smallest absolute Gasteiger partial charge is 0.368 e. The van der Waals surface area contributed by atoms with Gasteiger partial charge in [-0.05, 0) is 12.1 Å². The topological polar surface area (TPSA) is 28.2 Å². The summed E-state index contributed by atoms with van der Waals surface area (Å²) in [5.74, 6) is 0. The van der Waals surface area contributed by atoms with Crippen LogP contribution >= 0.6 is 0 Å². The lowest BCUT2D eigenvalue weighted by molar-refractivity contribution is -0.141. The molecule has 1 saturated heterocycles. The first-order chi connectivity index (χ1) is 7.57. The quantitative estimate of drug-likeness (QED) is 0.794. The highest BCUT2D eigenvalue weighted by Crippen LogP contribution is 2.28. The van der Waals surface area contributed by atoms with Gasteiger partial charge in [0.25, 0.3) is 0 Å². The molecular weight excluding hydrogens is 219 g/mol. The fourth-order valence-corrected chi connectivity index (χ4v) is 1.66. The maximum atomic E-state index is 12.3. The maximum Gasteiger partial charge on any atom is 0.433 e. The minimum atomic E-state index is -4.36. The Morgan fingerprint density at radius 1 is 1.19 bits per heavy atom. The monoisotopic (exact) mass is 231 g/mol. The first-order valence-corrected chi connectivity index (χ1v) is 5.06. The number of anilines is 1. The van der Waals surface area contributed by atoms with Crippen LogP contribution in [0.25, 0.3) is 0 Å². The summed E-state index contributed by atoms with van der Waals surface area (Å²) in [5, 5.41) is 3.18. The van der Waals surface area contributed by atoms with Gasteiger partial charge in [-0.3, -0.25) is 0 Å². The third-order valence-corrected chi connectivity index (χ3v) is 2.52. The number of alkyl halides is 3.